The largest absolute Gasteiger partial charge is 0.495 e. The zero-order valence-electron chi connectivity index (χ0n) is 29.7. The molecule has 0 spiro atoms. The highest BCUT2D eigenvalue weighted by atomic mass is 16.5. The van der Waals surface area contributed by atoms with E-state index in [0.29, 0.717) is 29.0 Å². The summed E-state index contributed by atoms with van der Waals surface area (Å²) >= 11 is 0. The van der Waals surface area contributed by atoms with Gasteiger partial charge in [0.05, 0.1) is 25.6 Å². The average Bonchev–Trinajstić information content (AvgIpc) is 3.67. The number of likely N-dealkylation sites (tertiary alicyclic amines) is 1. The molecule has 1 saturated carbocycles. The van der Waals surface area contributed by atoms with E-state index >= 15 is 0 Å². The Morgan fingerprint density at radius 3 is 2.57 bits per heavy atom. The van der Waals surface area contributed by atoms with Crippen LogP contribution in [0, 0.1) is 5.92 Å². The summed E-state index contributed by atoms with van der Waals surface area (Å²) in [5, 5.41) is 9.98. The molecule has 1 atom stereocenters. The summed E-state index contributed by atoms with van der Waals surface area (Å²) in [4.78, 5) is 42.4. The number of carbonyl (C=O) groups is 2. The quantitative estimate of drug-likeness (QED) is 0.242. The summed E-state index contributed by atoms with van der Waals surface area (Å²) in [7, 11) is 3.40. The molecule has 0 unspecified atom stereocenters. The van der Waals surface area contributed by atoms with Crippen molar-refractivity contribution < 1.29 is 19.1 Å². The van der Waals surface area contributed by atoms with Crippen molar-refractivity contribution in [1.29, 1.82) is 0 Å². The van der Waals surface area contributed by atoms with Gasteiger partial charge in [-0.05, 0) is 95.0 Å². The van der Waals surface area contributed by atoms with Gasteiger partial charge in [0.25, 0.3) is 5.91 Å². The van der Waals surface area contributed by atoms with Gasteiger partial charge in [-0.25, -0.2) is 4.98 Å². The van der Waals surface area contributed by atoms with Gasteiger partial charge in [0.15, 0.2) is 5.82 Å². The first-order chi connectivity index (χ1) is 23.9. The van der Waals surface area contributed by atoms with E-state index in [1.54, 1.807) is 37.4 Å². The van der Waals surface area contributed by atoms with Gasteiger partial charge in [-0.2, -0.15) is 4.98 Å². The minimum atomic E-state index is -0.235. The topological polar surface area (TPSA) is 124 Å². The molecule has 1 aliphatic carbocycles. The van der Waals surface area contributed by atoms with Crippen LogP contribution in [-0.2, 0) is 9.53 Å². The Morgan fingerprint density at radius 2 is 1.84 bits per heavy atom. The molecule has 0 radical (unpaired) electrons. The minimum absolute atomic E-state index is 0.0887. The third-order valence-corrected chi connectivity index (χ3v) is 11.0. The lowest BCUT2D eigenvalue weighted by Gasteiger charge is -2.43. The van der Waals surface area contributed by atoms with Gasteiger partial charge in [0, 0.05) is 50.9 Å². The lowest BCUT2D eigenvalue weighted by atomic mass is 9.93. The number of amides is 2. The molecule has 2 aromatic rings. The molecule has 1 aromatic carbocycles. The molecule has 0 bridgehead atoms. The van der Waals surface area contributed by atoms with Crippen LogP contribution in [0.1, 0.15) is 87.9 Å². The van der Waals surface area contributed by atoms with E-state index in [1.165, 1.54) is 19.3 Å². The van der Waals surface area contributed by atoms with E-state index in [9.17, 15) is 9.59 Å². The fraction of sp³-hybridized carbons (Fsp3) is 0.676. The van der Waals surface area contributed by atoms with Crippen molar-refractivity contribution in [2.24, 2.45) is 5.92 Å². The van der Waals surface area contributed by atoms with Crippen LogP contribution in [0.25, 0.3) is 0 Å². The molecule has 4 heterocycles. The van der Waals surface area contributed by atoms with Crippen LogP contribution < -0.4 is 30.5 Å². The van der Waals surface area contributed by atoms with Crippen LogP contribution in [0.3, 0.4) is 0 Å². The van der Waals surface area contributed by atoms with E-state index < -0.39 is 0 Å². The molecule has 2 amide bonds. The molecule has 3 N–H and O–H groups in total. The van der Waals surface area contributed by atoms with E-state index in [2.05, 4.69) is 37.7 Å². The van der Waals surface area contributed by atoms with Crippen LogP contribution in [0.4, 0.5) is 23.1 Å². The Bertz CT molecular complexity index is 1400. The Labute approximate surface area is 291 Å². The number of piperidine rings is 2. The van der Waals surface area contributed by atoms with Crippen molar-refractivity contribution in [1.82, 2.24) is 25.5 Å². The van der Waals surface area contributed by atoms with E-state index in [0.717, 1.165) is 115 Å². The van der Waals surface area contributed by atoms with Crippen LogP contribution in [0.15, 0.2) is 24.4 Å². The summed E-state index contributed by atoms with van der Waals surface area (Å²) in [5.41, 5.74) is 1.94. The number of nitrogens with zero attached hydrogens (tertiary/aromatic N) is 5. The maximum atomic E-state index is 13.3. The number of fused-ring (bicyclic) bond motifs is 1. The molecule has 49 heavy (non-hydrogen) atoms. The van der Waals surface area contributed by atoms with Crippen molar-refractivity contribution >= 4 is 35.0 Å². The van der Waals surface area contributed by atoms with Crippen LogP contribution in [0.5, 0.6) is 5.75 Å². The molecule has 6 rings (SSSR count). The normalized spacial score (nSPS) is 21.2. The van der Waals surface area contributed by atoms with Crippen molar-refractivity contribution in [3.05, 3.63) is 30.0 Å². The minimum Gasteiger partial charge on any atom is -0.495 e. The number of benzene rings is 1. The van der Waals surface area contributed by atoms with Gasteiger partial charge in [-0.1, -0.05) is 19.8 Å². The Morgan fingerprint density at radius 1 is 1.06 bits per heavy atom. The second kappa shape index (κ2) is 17.0. The zero-order chi connectivity index (χ0) is 34.2. The Kier molecular flexibility index (Phi) is 12.2. The monoisotopic (exact) mass is 676 g/mol. The summed E-state index contributed by atoms with van der Waals surface area (Å²) in [6, 6.07) is 5.60. The van der Waals surface area contributed by atoms with Crippen molar-refractivity contribution in [3.63, 3.8) is 0 Å². The average molecular weight is 677 g/mol. The highest BCUT2D eigenvalue weighted by molar-refractivity contribution is 6.04. The van der Waals surface area contributed by atoms with Gasteiger partial charge >= 0.3 is 0 Å². The maximum absolute atomic E-state index is 13.3. The van der Waals surface area contributed by atoms with Gasteiger partial charge < -0.3 is 40.1 Å². The number of ether oxygens (including phenoxy) is 2. The standard InChI is InChI=1S/C37H56N8O4/c1-4-31-36(47)43(2)32-25-39-37(42-34(32)45(31)29-9-5-6-10-29)41-30-12-11-27(24-33(30)48-3)35(46)40-28-15-19-44(20-16-28)21-23-49-22-7-8-26-13-17-38-18-14-26/h11-12,24-26,28-29,31,38H,4-10,13-23H2,1-3H3,(H,40,46)(H,39,41,42)/t31-/m1/s1. The number of nitrogens with one attached hydrogen (secondary N) is 3. The van der Waals surface area contributed by atoms with Gasteiger partial charge in [0.1, 0.15) is 17.5 Å². The number of carbonyl (C=O) groups excluding carboxylic acids is 2. The van der Waals surface area contributed by atoms with Crippen molar-refractivity contribution in [2.45, 2.75) is 95.7 Å². The zero-order valence-corrected chi connectivity index (χ0v) is 29.7. The third-order valence-electron chi connectivity index (χ3n) is 11.0. The molecular weight excluding hydrogens is 620 g/mol. The number of hydrogen-bond acceptors (Lipinski definition) is 10. The SMILES string of the molecule is CC[C@@H]1C(=O)N(C)c2cnc(Nc3ccc(C(=O)NC4CCN(CCOCCCC5CCNCC5)CC4)cc3OC)nc2N1C1CCCC1. The molecular formula is C37H56N8O4. The van der Waals surface area contributed by atoms with Gasteiger partial charge in [-0.15, -0.1) is 0 Å². The molecule has 12 heteroatoms. The summed E-state index contributed by atoms with van der Waals surface area (Å²) in [5.74, 6) is 2.59. The van der Waals surface area contributed by atoms with Crippen molar-refractivity contribution in [2.75, 3.05) is 75.2 Å². The highest BCUT2D eigenvalue weighted by Crippen LogP contribution is 2.40. The molecule has 268 valence electrons. The molecule has 12 nitrogen and oxygen atoms in total. The van der Waals surface area contributed by atoms with Crippen LogP contribution in [0.2, 0.25) is 0 Å². The highest BCUT2D eigenvalue weighted by Gasteiger charge is 2.41. The molecule has 2 saturated heterocycles. The van der Waals surface area contributed by atoms with E-state index in [-0.39, 0.29) is 23.9 Å². The number of rotatable bonds is 14. The maximum Gasteiger partial charge on any atom is 0.251 e. The first-order valence-electron chi connectivity index (χ1n) is 18.6. The fourth-order valence-corrected chi connectivity index (χ4v) is 8.01. The van der Waals surface area contributed by atoms with E-state index in [1.807, 2.05) is 6.07 Å². The van der Waals surface area contributed by atoms with Crippen molar-refractivity contribution in [3.8, 4) is 5.75 Å². The van der Waals surface area contributed by atoms with Crippen LogP contribution >= 0.6 is 0 Å². The lowest BCUT2D eigenvalue weighted by Crippen LogP contribution is -2.55. The molecule has 3 aliphatic heterocycles. The number of aromatic nitrogens is 2. The first-order valence-corrected chi connectivity index (χ1v) is 18.6. The predicted octanol–water partition coefficient (Wildman–Crippen LogP) is 4.72. The lowest BCUT2D eigenvalue weighted by molar-refractivity contribution is -0.120. The van der Waals surface area contributed by atoms with Gasteiger partial charge in [0.2, 0.25) is 11.9 Å². The van der Waals surface area contributed by atoms with E-state index in [4.69, 9.17) is 14.5 Å². The predicted molar refractivity (Wildman–Crippen MR) is 193 cm³/mol. The first kappa shape index (κ1) is 35.3. The Balaban J connectivity index is 0.996. The molecule has 1 aromatic heterocycles. The summed E-state index contributed by atoms with van der Waals surface area (Å²) < 4.78 is 11.6. The number of hydrogen-bond donors (Lipinski definition) is 3. The summed E-state index contributed by atoms with van der Waals surface area (Å²) in [6.07, 6.45) is 13.8. The van der Waals surface area contributed by atoms with Gasteiger partial charge in [-0.3, -0.25) is 9.59 Å². The molecule has 3 fully saturated rings. The fourth-order valence-electron chi connectivity index (χ4n) is 8.01. The molecule has 4 aliphatic rings. The second-order valence-corrected chi connectivity index (χ2v) is 14.1. The number of methoxy groups -OCH3 is 1. The smallest absolute Gasteiger partial charge is 0.251 e. The number of likely N-dealkylation sites (N-methyl/N-ethyl adjacent to an activating group) is 1. The summed E-state index contributed by atoms with van der Waals surface area (Å²) in [6.45, 7) is 8.87. The second-order valence-electron chi connectivity index (χ2n) is 14.1. The number of anilines is 4. The van der Waals surface area contributed by atoms with Crippen LogP contribution in [-0.4, -0.2) is 105 Å². The third kappa shape index (κ3) is 8.64. The Hall–Kier alpha value is -3.48.